The molecule has 3 N–H and O–H groups in total. The average Bonchev–Trinajstić information content (AvgIpc) is 2.76. The maximum absolute atomic E-state index is 11.5. The molecule has 0 saturated carbocycles. The molecule has 0 aliphatic carbocycles. The molecule has 1 aromatic heterocycles. The van der Waals surface area contributed by atoms with Crippen molar-refractivity contribution in [3.63, 3.8) is 0 Å². The number of hydrogen-bond acceptors (Lipinski definition) is 5. The minimum atomic E-state index is -0.365. The van der Waals surface area contributed by atoms with Crippen LogP contribution in [0.15, 0.2) is 24.3 Å². The van der Waals surface area contributed by atoms with Crippen LogP contribution in [0.5, 0.6) is 0 Å². The number of nitrogens with one attached hydrogen (secondary N) is 1. The molecule has 0 aliphatic heterocycles. The van der Waals surface area contributed by atoms with Crippen LogP contribution >= 0.6 is 11.3 Å². The fourth-order valence-corrected chi connectivity index (χ4v) is 2.87. The van der Waals surface area contributed by atoms with E-state index in [2.05, 4.69) is 25.2 Å². The smallest absolute Gasteiger partial charge is 0.337 e. The van der Waals surface area contributed by atoms with E-state index in [1.807, 2.05) is 0 Å². The zero-order valence-corrected chi connectivity index (χ0v) is 12.6. The molecule has 1 heterocycles. The van der Waals surface area contributed by atoms with E-state index in [0.717, 1.165) is 5.69 Å². The molecule has 2 aromatic rings. The predicted molar refractivity (Wildman–Crippen MR) is 83.3 cm³/mol. The van der Waals surface area contributed by atoms with Crippen LogP contribution < -0.4 is 11.1 Å². The van der Waals surface area contributed by atoms with Gasteiger partial charge in [-0.3, -0.25) is 0 Å². The van der Waals surface area contributed by atoms with E-state index >= 15 is 0 Å². The molecule has 4 nitrogen and oxygen atoms in total. The number of benzene rings is 1. The molecular formula is C15H18N2O2S. The van der Waals surface area contributed by atoms with Gasteiger partial charge in [-0.25, -0.2) is 4.79 Å². The molecule has 1 aromatic carbocycles. The van der Waals surface area contributed by atoms with Crippen LogP contribution in [0, 0.1) is 13.8 Å². The highest BCUT2D eigenvalue weighted by Gasteiger charge is 2.09. The number of carbonyl (C=O) groups excluding carboxylic acids is 1. The minimum Gasteiger partial charge on any atom is -0.465 e. The van der Waals surface area contributed by atoms with E-state index in [1.54, 1.807) is 29.5 Å². The monoisotopic (exact) mass is 290 g/mol. The average molecular weight is 290 g/mol. The number of rotatable bonds is 4. The van der Waals surface area contributed by atoms with Crippen LogP contribution in [0.25, 0.3) is 0 Å². The fraction of sp³-hybridized carbons (Fsp3) is 0.267. The SMILES string of the molecule is COC(=O)c1ccc(N)c(NCc2cc(C)c(C)s2)c1. The van der Waals surface area contributed by atoms with Crippen molar-refractivity contribution >= 4 is 28.7 Å². The summed E-state index contributed by atoms with van der Waals surface area (Å²) >= 11 is 1.76. The Morgan fingerprint density at radius 1 is 1.35 bits per heavy atom. The molecule has 0 atom stereocenters. The Kier molecular flexibility index (Phi) is 4.29. The zero-order valence-electron chi connectivity index (χ0n) is 11.8. The number of methoxy groups -OCH3 is 1. The number of carbonyl (C=O) groups is 1. The summed E-state index contributed by atoms with van der Waals surface area (Å²) in [6.07, 6.45) is 0. The standard InChI is InChI=1S/C15H18N2O2S/c1-9-6-12(20-10(9)2)8-17-14-7-11(15(18)19-3)4-5-13(14)16/h4-7,17H,8,16H2,1-3H3. The van der Waals surface area contributed by atoms with Crippen molar-refractivity contribution in [2.24, 2.45) is 0 Å². The number of anilines is 2. The Labute approximate surface area is 122 Å². The molecule has 0 aliphatic rings. The summed E-state index contributed by atoms with van der Waals surface area (Å²) in [6.45, 7) is 4.89. The normalized spacial score (nSPS) is 10.3. The highest BCUT2D eigenvalue weighted by atomic mass is 32.1. The summed E-state index contributed by atoms with van der Waals surface area (Å²) in [7, 11) is 1.36. The van der Waals surface area contributed by atoms with Crippen molar-refractivity contribution in [2.45, 2.75) is 20.4 Å². The fourth-order valence-electron chi connectivity index (χ4n) is 1.87. The van der Waals surface area contributed by atoms with Gasteiger partial charge in [0.1, 0.15) is 0 Å². The molecule has 20 heavy (non-hydrogen) atoms. The van der Waals surface area contributed by atoms with Crippen molar-refractivity contribution in [3.05, 3.63) is 45.1 Å². The van der Waals surface area contributed by atoms with Gasteiger partial charge in [0.25, 0.3) is 0 Å². The molecule has 0 spiro atoms. The zero-order chi connectivity index (χ0) is 14.7. The number of hydrogen-bond donors (Lipinski definition) is 2. The molecular weight excluding hydrogens is 272 g/mol. The third-order valence-electron chi connectivity index (χ3n) is 3.14. The first-order valence-electron chi connectivity index (χ1n) is 6.29. The summed E-state index contributed by atoms with van der Waals surface area (Å²) < 4.78 is 4.71. The van der Waals surface area contributed by atoms with Crippen LogP contribution in [-0.4, -0.2) is 13.1 Å². The second-order valence-electron chi connectivity index (χ2n) is 4.60. The Bertz CT molecular complexity index is 615. The first-order valence-corrected chi connectivity index (χ1v) is 7.10. The lowest BCUT2D eigenvalue weighted by atomic mass is 10.1. The van der Waals surface area contributed by atoms with Gasteiger partial charge in [-0.2, -0.15) is 0 Å². The molecule has 0 amide bonds. The summed E-state index contributed by atoms with van der Waals surface area (Å²) in [5, 5.41) is 3.27. The summed E-state index contributed by atoms with van der Waals surface area (Å²) in [5.41, 5.74) is 9.06. The van der Waals surface area contributed by atoms with Gasteiger partial charge in [0.05, 0.1) is 24.0 Å². The summed E-state index contributed by atoms with van der Waals surface area (Å²) in [6, 6.07) is 7.24. The van der Waals surface area contributed by atoms with Gasteiger partial charge in [0.2, 0.25) is 0 Å². The van der Waals surface area contributed by atoms with Gasteiger partial charge in [0.15, 0.2) is 0 Å². The van der Waals surface area contributed by atoms with E-state index in [4.69, 9.17) is 10.5 Å². The van der Waals surface area contributed by atoms with Crippen LogP contribution in [0.2, 0.25) is 0 Å². The maximum atomic E-state index is 11.5. The predicted octanol–water partition coefficient (Wildman–Crippen LogP) is 3.35. The molecule has 0 unspecified atom stereocenters. The van der Waals surface area contributed by atoms with Crippen molar-refractivity contribution in [2.75, 3.05) is 18.2 Å². The molecule has 0 saturated heterocycles. The van der Waals surface area contributed by atoms with Crippen LogP contribution in [-0.2, 0) is 11.3 Å². The van der Waals surface area contributed by atoms with Gasteiger partial charge >= 0.3 is 5.97 Å². The van der Waals surface area contributed by atoms with Gasteiger partial charge in [-0.05, 0) is 43.7 Å². The highest BCUT2D eigenvalue weighted by Crippen LogP contribution is 2.24. The number of esters is 1. The second kappa shape index (κ2) is 5.96. The maximum Gasteiger partial charge on any atom is 0.337 e. The summed E-state index contributed by atoms with van der Waals surface area (Å²) in [5.74, 6) is -0.365. The first kappa shape index (κ1) is 14.4. The van der Waals surface area contributed by atoms with E-state index in [0.29, 0.717) is 17.8 Å². The Morgan fingerprint density at radius 3 is 2.70 bits per heavy atom. The van der Waals surface area contributed by atoms with Crippen molar-refractivity contribution in [1.82, 2.24) is 0 Å². The van der Waals surface area contributed by atoms with E-state index in [9.17, 15) is 4.79 Å². The summed E-state index contributed by atoms with van der Waals surface area (Å²) in [4.78, 5) is 14.1. The van der Waals surface area contributed by atoms with Gasteiger partial charge in [-0.1, -0.05) is 0 Å². The van der Waals surface area contributed by atoms with Crippen LogP contribution in [0.4, 0.5) is 11.4 Å². The first-order chi connectivity index (χ1) is 9.51. The lowest BCUT2D eigenvalue weighted by Gasteiger charge is -2.10. The Balaban J connectivity index is 2.14. The van der Waals surface area contributed by atoms with Gasteiger partial charge in [0, 0.05) is 16.3 Å². The van der Waals surface area contributed by atoms with Gasteiger partial charge < -0.3 is 15.8 Å². The molecule has 5 heteroatoms. The van der Waals surface area contributed by atoms with E-state index in [1.165, 1.54) is 22.4 Å². The molecule has 0 radical (unpaired) electrons. The third-order valence-corrected chi connectivity index (χ3v) is 4.30. The Morgan fingerprint density at radius 2 is 2.10 bits per heavy atom. The number of thiophene rings is 1. The number of aryl methyl sites for hydroxylation is 2. The number of ether oxygens (including phenoxy) is 1. The lowest BCUT2D eigenvalue weighted by Crippen LogP contribution is -2.05. The van der Waals surface area contributed by atoms with Crippen molar-refractivity contribution in [3.8, 4) is 0 Å². The molecule has 106 valence electrons. The highest BCUT2D eigenvalue weighted by molar-refractivity contribution is 7.12. The van der Waals surface area contributed by atoms with Crippen LogP contribution in [0.1, 0.15) is 25.7 Å². The van der Waals surface area contributed by atoms with Crippen molar-refractivity contribution in [1.29, 1.82) is 0 Å². The van der Waals surface area contributed by atoms with Gasteiger partial charge in [-0.15, -0.1) is 11.3 Å². The minimum absolute atomic E-state index is 0.365. The largest absolute Gasteiger partial charge is 0.465 e. The topological polar surface area (TPSA) is 64.3 Å². The van der Waals surface area contributed by atoms with Crippen molar-refractivity contribution < 1.29 is 9.53 Å². The third kappa shape index (κ3) is 3.11. The van der Waals surface area contributed by atoms with E-state index < -0.39 is 0 Å². The van der Waals surface area contributed by atoms with Crippen LogP contribution in [0.3, 0.4) is 0 Å². The van der Waals surface area contributed by atoms with E-state index in [-0.39, 0.29) is 5.97 Å². The Hall–Kier alpha value is -2.01. The quantitative estimate of drug-likeness (QED) is 0.669. The number of nitrogen functional groups attached to an aromatic ring is 1. The number of nitrogens with two attached hydrogens (primary N) is 1. The molecule has 0 fully saturated rings. The second-order valence-corrected chi connectivity index (χ2v) is 5.94. The molecule has 0 bridgehead atoms. The lowest BCUT2D eigenvalue weighted by molar-refractivity contribution is 0.0601. The molecule has 2 rings (SSSR count).